The Kier molecular flexibility index (Phi) is 4.61. The third kappa shape index (κ3) is 3.23. The van der Waals surface area contributed by atoms with E-state index in [4.69, 9.17) is 5.73 Å². The molecular weight excluding hydrogens is 268 g/mol. The van der Waals surface area contributed by atoms with E-state index in [-0.39, 0.29) is 11.9 Å². The van der Waals surface area contributed by atoms with Crippen LogP contribution in [0.2, 0.25) is 0 Å². The molecule has 0 aromatic carbocycles. The highest BCUT2D eigenvalue weighted by Gasteiger charge is 2.46. The summed E-state index contributed by atoms with van der Waals surface area (Å²) < 4.78 is 0. The molecule has 4 atom stereocenters. The van der Waals surface area contributed by atoms with Gasteiger partial charge >= 0.3 is 5.97 Å². The molecule has 0 saturated heterocycles. The molecule has 5 nitrogen and oxygen atoms in total. The number of nitrogens with one attached hydrogen (secondary N) is 1. The summed E-state index contributed by atoms with van der Waals surface area (Å²) in [7, 11) is 0. The molecule has 2 rings (SSSR count). The molecule has 0 aromatic rings. The first-order valence-electron chi connectivity index (χ1n) is 8.11. The van der Waals surface area contributed by atoms with Gasteiger partial charge in [0.05, 0.1) is 11.0 Å². The molecule has 0 radical (unpaired) electrons. The topological polar surface area (TPSA) is 92.4 Å². The van der Waals surface area contributed by atoms with E-state index in [1.807, 2.05) is 0 Å². The van der Waals surface area contributed by atoms with Crippen LogP contribution in [0.3, 0.4) is 0 Å². The smallest absolute Gasteiger partial charge is 0.311 e. The maximum Gasteiger partial charge on any atom is 0.311 e. The highest BCUT2D eigenvalue weighted by molar-refractivity contribution is 5.87. The van der Waals surface area contributed by atoms with Gasteiger partial charge in [-0.1, -0.05) is 32.6 Å². The van der Waals surface area contributed by atoms with Gasteiger partial charge < -0.3 is 16.2 Å². The van der Waals surface area contributed by atoms with Gasteiger partial charge in [0.25, 0.3) is 0 Å². The maximum absolute atomic E-state index is 12.6. The summed E-state index contributed by atoms with van der Waals surface area (Å²) in [6, 6.07) is -0.311. The molecular formula is C16H28N2O3. The molecule has 21 heavy (non-hydrogen) atoms. The second-order valence-electron chi connectivity index (χ2n) is 7.35. The van der Waals surface area contributed by atoms with Crippen LogP contribution >= 0.6 is 0 Å². The van der Waals surface area contributed by atoms with Crippen molar-refractivity contribution >= 4 is 11.9 Å². The molecule has 0 aliphatic heterocycles. The highest BCUT2D eigenvalue weighted by atomic mass is 16.4. The Labute approximate surface area is 126 Å². The van der Waals surface area contributed by atoms with E-state index < -0.39 is 16.9 Å². The molecule has 1 amide bonds. The zero-order valence-electron chi connectivity index (χ0n) is 13.2. The monoisotopic (exact) mass is 296 g/mol. The van der Waals surface area contributed by atoms with Crippen molar-refractivity contribution < 1.29 is 14.7 Å². The summed E-state index contributed by atoms with van der Waals surface area (Å²) in [5.41, 5.74) is 4.62. The van der Waals surface area contributed by atoms with Crippen LogP contribution in [-0.2, 0) is 9.59 Å². The van der Waals surface area contributed by atoms with Crippen molar-refractivity contribution in [3.8, 4) is 0 Å². The molecule has 2 saturated carbocycles. The minimum atomic E-state index is -0.870. The summed E-state index contributed by atoms with van der Waals surface area (Å²) in [5, 5.41) is 12.5. The van der Waals surface area contributed by atoms with Crippen molar-refractivity contribution in [1.29, 1.82) is 0 Å². The van der Waals surface area contributed by atoms with Crippen LogP contribution < -0.4 is 11.1 Å². The van der Waals surface area contributed by atoms with Crippen LogP contribution in [0.15, 0.2) is 0 Å². The van der Waals surface area contributed by atoms with Crippen LogP contribution in [0.4, 0.5) is 0 Å². The normalized spacial score (nSPS) is 40.5. The van der Waals surface area contributed by atoms with Gasteiger partial charge in [0.15, 0.2) is 0 Å². The number of hydrogen-bond donors (Lipinski definition) is 3. The fraction of sp³-hybridized carbons (Fsp3) is 0.875. The zero-order chi connectivity index (χ0) is 15.7. The molecule has 5 heteroatoms. The lowest BCUT2D eigenvalue weighted by Gasteiger charge is -2.42. The second kappa shape index (κ2) is 5.95. The zero-order valence-corrected chi connectivity index (χ0v) is 13.2. The maximum atomic E-state index is 12.6. The number of carbonyl (C=O) groups is 2. The summed E-state index contributed by atoms with van der Waals surface area (Å²) in [5.74, 6) is -0.532. The first-order chi connectivity index (χ1) is 9.78. The lowest BCUT2D eigenvalue weighted by molar-refractivity contribution is -0.152. The number of nitrogens with two attached hydrogens (primary N) is 1. The van der Waals surface area contributed by atoms with Crippen molar-refractivity contribution in [3.05, 3.63) is 0 Å². The predicted octanol–water partition coefficient (Wildman–Crippen LogP) is 2.04. The molecule has 4 N–H and O–H groups in total. The lowest BCUT2D eigenvalue weighted by atomic mass is 9.70. The van der Waals surface area contributed by atoms with Gasteiger partial charge in [-0.2, -0.15) is 0 Å². The number of rotatable bonds is 3. The van der Waals surface area contributed by atoms with Crippen molar-refractivity contribution in [3.63, 3.8) is 0 Å². The van der Waals surface area contributed by atoms with Gasteiger partial charge in [0.1, 0.15) is 0 Å². The third-order valence-electron chi connectivity index (χ3n) is 5.49. The van der Waals surface area contributed by atoms with E-state index in [0.717, 1.165) is 32.1 Å². The molecule has 120 valence electrons. The Hall–Kier alpha value is -1.10. The van der Waals surface area contributed by atoms with Crippen LogP contribution in [0.25, 0.3) is 0 Å². The van der Waals surface area contributed by atoms with Crippen molar-refractivity contribution in [1.82, 2.24) is 5.32 Å². The predicted molar refractivity (Wildman–Crippen MR) is 80.7 cm³/mol. The Bertz CT molecular complexity index is 426. The number of carbonyl (C=O) groups excluding carboxylic acids is 1. The summed E-state index contributed by atoms with van der Waals surface area (Å²) in [6.45, 7) is 3.86. The molecule has 2 fully saturated rings. The lowest BCUT2D eigenvalue weighted by Crippen LogP contribution is -2.61. The standard InChI is InChI=1S/C16H28N2O3/c1-11-6-5-9-16(17,10-11)13(19)18-12-7-3-4-8-15(12,2)14(20)21/h11-12H,3-10,17H2,1-2H3,(H,18,19)(H,20,21). The van der Waals surface area contributed by atoms with Crippen LogP contribution in [0.5, 0.6) is 0 Å². The Morgan fingerprint density at radius 2 is 1.90 bits per heavy atom. The minimum Gasteiger partial charge on any atom is -0.481 e. The van der Waals surface area contributed by atoms with Gasteiger partial charge in [-0.05, 0) is 38.5 Å². The van der Waals surface area contributed by atoms with E-state index in [0.29, 0.717) is 25.2 Å². The fourth-order valence-corrected chi connectivity index (χ4v) is 3.92. The van der Waals surface area contributed by atoms with Gasteiger partial charge in [-0.25, -0.2) is 0 Å². The van der Waals surface area contributed by atoms with E-state index in [1.54, 1.807) is 6.92 Å². The van der Waals surface area contributed by atoms with E-state index in [1.165, 1.54) is 0 Å². The Morgan fingerprint density at radius 3 is 2.52 bits per heavy atom. The quantitative estimate of drug-likeness (QED) is 0.743. The molecule has 2 aliphatic rings. The Morgan fingerprint density at radius 1 is 1.19 bits per heavy atom. The number of aliphatic carboxylic acids is 1. The van der Waals surface area contributed by atoms with E-state index in [9.17, 15) is 14.7 Å². The van der Waals surface area contributed by atoms with Crippen LogP contribution in [-0.4, -0.2) is 28.6 Å². The average Bonchev–Trinajstić information content (AvgIpc) is 2.41. The van der Waals surface area contributed by atoms with Gasteiger partial charge in [0.2, 0.25) is 5.91 Å². The SMILES string of the molecule is CC1CCCC(N)(C(=O)NC2CCCCC2(C)C(=O)O)C1. The number of carboxylic acids is 1. The second-order valence-corrected chi connectivity index (χ2v) is 7.35. The van der Waals surface area contributed by atoms with Crippen LogP contribution in [0, 0.1) is 11.3 Å². The van der Waals surface area contributed by atoms with Crippen molar-refractivity contribution in [2.45, 2.75) is 76.8 Å². The fourth-order valence-electron chi connectivity index (χ4n) is 3.92. The summed E-state index contributed by atoms with van der Waals surface area (Å²) >= 11 is 0. The first-order valence-corrected chi connectivity index (χ1v) is 8.11. The van der Waals surface area contributed by atoms with E-state index >= 15 is 0 Å². The molecule has 0 aromatic heterocycles. The Balaban J connectivity index is 2.08. The first kappa shape index (κ1) is 16.3. The van der Waals surface area contributed by atoms with Crippen molar-refractivity contribution in [2.24, 2.45) is 17.1 Å². The van der Waals surface area contributed by atoms with Crippen LogP contribution in [0.1, 0.15) is 65.2 Å². The molecule has 4 unspecified atom stereocenters. The summed E-state index contributed by atoms with van der Waals surface area (Å²) in [6.07, 6.45) is 6.66. The number of amides is 1. The molecule has 0 spiro atoms. The largest absolute Gasteiger partial charge is 0.481 e. The highest BCUT2D eigenvalue weighted by Crippen LogP contribution is 2.37. The third-order valence-corrected chi connectivity index (χ3v) is 5.49. The average molecular weight is 296 g/mol. The molecule has 0 heterocycles. The van der Waals surface area contributed by atoms with Gasteiger partial charge in [0, 0.05) is 6.04 Å². The minimum absolute atomic E-state index is 0.159. The van der Waals surface area contributed by atoms with Crippen molar-refractivity contribution in [2.75, 3.05) is 0 Å². The summed E-state index contributed by atoms with van der Waals surface area (Å²) in [4.78, 5) is 24.2. The van der Waals surface area contributed by atoms with Gasteiger partial charge in [-0.3, -0.25) is 9.59 Å². The number of hydrogen-bond acceptors (Lipinski definition) is 3. The number of carboxylic acid groups (broad SMARTS) is 1. The molecule has 0 bridgehead atoms. The van der Waals surface area contributed by atoms with Gasteiger partial charge in [-0.15, -0.1) is 0 Å². The molecule has 2 aliphatic carbocycles. The van der Waals surface area contributed by atoms with E-state index in [2.05, 4.69) is 12.2 Å².